The van der Waals surface area contributed by atoms with Crippen LogP contribution in [0.15, 0.2) is 72.8 Å². The Morgan fingerprint density at radius 1 is 0.814 bits per heavy atom. The number of hydrogen-bond donors (Lipinski definition) is 0. The number of carbonyl (C=O) groups excluding carboxylic acids is 2. The van der Waals surface area contributed by atoms with Gasteiger partial charge in [0, 0.05) is 6.92 Å². The molecule has 0 saturated carbocycles. The molecule has 0 atom stereocenters. The van der Waals surface area contributed by atoms with Crippen molar-refractivity contribution in [2.75, 3.05) is 14.2 Å². The molecular weight excluding hydrogens is 644 g/mol. The van der Waals surface area contributed by atoms with Gasteiger partial charge in [-0.3, -0.25) is 0 Å². The molecule has 2 amide bonds. The molecule has 0 spiro atoms. The number of rotatable bonds is 8. The summed E-state index contributed by atoms with van der Waals surface area (Å²) < 4.78 is 25.5. The van der Waals surface area contributed by atoms with Crippen LogP contribution in [0.1, 0.15) is 46.0 Å². The van der Waals surface area contributed by atoms with Gasteiger partial charge in [0.15, 0.2) is 0 Å². The predicted octanol–water partition coefficient (Wildman–Crippen LogP) is 7.56. The van der Waals surface area contributed by atoms with Crippen molar-refractivity contribution in [1.29, 1.82) is 10.5 Å². The second-order valence-electron chi connectivity index (χ2n) is 8.41. The van der Waals surface area contributed by atoms with Crippen LogP contribution in [-0.4, -0.2) is 31.0 Å². The van der Waals surface area contributed by atoms with Crippen molar-refractivity contribution >= 4 is 23.2 Å². The van der Waals surface area contributed by atoms with Crippen LogP contribution < -0.4 is 9.47 Å². The van der Waals surface area contributed by atoms with E-state index >= 15 is 0 Å². The number of para-hydroxylation sites is 1. The van der Waals surface area contributed by atoms with E-state index in [-0.39, 0.29) is 43.2 Å². The first-order chi connectivity index (χ1) is 20.3. The summed E-state index contributed by atoms with van der Waals surface area (Å²) in [4.78, 5) is 30.2. The van der Waals surface area contributed by atoms with Gasteiger partial charge in [-0.2, -0.15) is 10.5 Å². The van der Waals surface area contributed by atoms with Gasteiger partial charge in [0.05, 0.1) is 43.3 Å². The van der Waals surface area contributed by atoms with E-state index in [0.29, 0.717) is 40.2 Å². The molecule has 1 heterocycles. The normalized spacial score (nSPS) is 9.56. The number of pyridine rings is 1. The molecule has 220 valence electrons. The Morgan fingerprint density at radius 3 is 1.88 bits per heavy atom. The number of carbonyl (C=O) groups is 2. The molecule has 9 nitrogen and oxygen atoms in total. The maximum atomic E-state index is 15.0. The summed E-state index contributed by atoms with van der Waals surface area (Å²) in [6.07, 6.45) is 0.352. The number of amides is 2. The minimum atomic E-state index is -0.834. The molecule has 1 aromatic heterocycles. The van der Waals surface area contributed by atoms with Crippen LogP contribution in [-0.2, 0) is 26.8 Å². The SMILES string of the molecule is CC#N.CCc1c(-c2ccccc2C#N)ccc(F)c1[N-]C(=O)c1cccc(C(=O)[N-]c2c(OC)cccc2OC)n1.[Pd+2]. The molecule has 0 saturated heterocycles. The quantitative estimate of drug-likeness (QED) is 0.176. The number of hydrogen-bond acceptors (Lipinski definition) is 7. The number of halogens is 1. The Bertz CT molecular complexity index is 1680. The van der Waals surface area contributed by atoms with Crippen LogP contribution in [0.4, 0.5) is 15.8 Å². The Kier molecular flexibility index (Phi) is 13.0. The van der Waals surface area contributed by atoms with Gasteiger partial charge >= 0.3 is 20.4 Å². The van der Waals surface area contributed by atoms with Gasteiger partial charge in [-0.1, -0.05) is 54.6 Å². The van der Waals surface area contributed by atoms with E-state index in [0.717, 1.165) is 0 Å². The molecule has 0 unspecified atom stereocenters. The van der Waals surface area contributed by atoms with Crippen LogP contribution in [0.5, 0.6) is 11.5 Å². The maximum Gasteiger partial charge on any atom is 2.00 e. The molecule has 0 radical (unpaired) electrons. The smallest absolute Gasteiger partial charge is 0.619 e. The molecule has 0 bridgehead atoms. The molecule has 0 fully saturated rings. The van der Waals surface area contributed by atoms with Crippen molar-refractivity contribution in [3.63, 3.8) is 0 Å². The molecule has 4 rings (SSSR count). The van der Waals surface area contributed by atoms with Crippen LogP contribution in [0, 0.1) is 28.5 Å². The third kappa shape index (κ3) is 8.02. The fourth-order valence-corrected chi connectivity index (χ4v) is 4.09. The topological polar surface area (TPSA) is 141 Å². The van der Waals surface area contributed by atoms with Crippen LogP contribution in [0.2, 0.25) is 0 Å². The first-order valence-electron chi connectivity index (χ1n) is 12.6. The zero-order valence-electron chi connectivity index (χ0n) is 23.7. The zero-order valence-corrected chi connectivity index (χ0v) is 25.3. The van der Waals surface area contributed by atoms with Gasteiger partial charge < -0.3 is 29.7 Å². The average molecular weight is 670 g/mol. The first kappa shape index (κ1) is 34.1. The van der Waals surface area contributed by atoms with Gasteiger partial charge in [-0.15, -0.1) is 0 Å². The largest absolute Gasteiger partial charge is 2.00 e. The minimum absolute atomic E-state index is 0. The molecule has 0 aliphatic rings. The molecule has 4 aromatic rings. The Hall–Kier alpha value is -5.08. The minimum Gasteiger partial charge on any atom is -0.619 e. The summed E-state index contributed by atoms with van der Waals surface area (Å²) in [5, 5.41) is 25.0. The second kappa shape index (κ2) is 16.4. The molecule has 43 heavy (non-hydrogen) atoms. The van der Waals surface area contributed by atoms with Crippen LogP contribution in [0.25, 0.3) is 21.8 Å². The van der Waals surface area contributed by atoms with Crippen molar-refractivity contribution in [2.24, 2.45) is 0 Å². The Labute approximate surface area is 262 Å². The molecule has 0 aliphatic heterocycles. The number of nitrogens with zero attached hydrogens (tertiary/aromatic N) is 5. The number of benzene rings is 3. The summed E-state index contributed by atoms with van der Waals surface area (Å²) in [5.41, 5.74) is 1.86. The van der Waals surface area contributed by atoms with Crippen molar-refractivity contribution in [2.45, 2.75) is 20.3 Å². The molecular formula is C32H26FN5O4Pd. The fourth-order valence-electron chi connectivity index (χ4n) is 4.09. The van der Waals surface area contributed by atoms with Crippen molar-refractivity contribution in [3.05, 3.63) is 112 Å². The standard InChI is InChI=1S/C30H25FN4O4.C2H3N.Pd/c1-4-19-21(20-10-6-5-9-18(20)17-32)15-16-22(31)27(19)34-29(36)23-11-7-12-24(33-23)30(37)35-28-25(38-2)13-8-14-26(28)39-3;1-2-3;/h5-16H,4H2,1-3H3,(H2,34,35,36,37);1H3;/q;;+2/p-2. The Balaban J connectivity index is 0.00000155. The average Bonchev–Trinajstić information content (AvgIpc) is 3.02. The maximum absolute atomic E-state index is 15.0. The van der Waals surface area contributed by atoms with E-state index in [4.69, 9.17) is 14.7 Å². The molecule has 0 N–H and O–H groups in total. The summed E-state index contributed by atoms with van der Waals surface area (Å²) >= 11 is 0. The number of nitriles is 2. The third-order valence-corrected chi connectivity index (χ3v) is 5.94. The van der Waals surface area contributed by atoms with E-state index < -0.39 is 17.6 Å². The van der Waals surface area contributed by atoms with Gasteiger partial charge in [0.25, 0.3) is 0 Å². The van der Waals surface area contributed by atoms with E-state index in [1.54, 1.807) is 54.6 Å². The van der Waals surface area contributed by atoms with Crippen LogP contribution in [0.3, 0.4) is 0 Å². The van der Waals surface area contributed by atoms with E-state index in [1.165, 1.54) is 45.4 Å². The van der Waals surface area contributed by atoms with E-state index in [1.807, 2.05) is 6.92 Å². The third-order valence-electron chi connectivity index (χ3n) is 5.94. The van der Waals surface area contributed by atoms with E-state index in [9.17, 15) is 19.2 Å². The fraction of sp³-hybridized carbons (Fsp3) is 0.156. The van der Waals surface area contributed by atoms with Crippen molar-refractivity contribution in [1.82, 2.24) is 4.98 Å². The van der Waals surface area contributed by atoms with Crippen LogP contribution >= 0.6 is 0 Å². The van der Waals surface area contributed by atoms with Crippen molar-refractivity contribution in [3.8, 4) is 34.8 Å². The van der Waals surface area contributed by atoms with Gasteiger partial charge in [0.2, 0.25) is 0 Å². The zero-order chi connectivity index (χ0) is 30.6. The number of ether oxygens (including phenoxy) is 2. The molecule has 11 heteroatoms. The number of methoxy groups -OCH3 is 2. The summed E-state index contributed by atoms with van der Waals surface area (Å²) in [6, 6.07) is 22.8. The second-order valence-corrected chi connectivity index (χ2v) is 8.41. The van der Waals surface area contributed by atoms with Crippen molar-refractivity contribution < 1.29 is 43.9 Å². The Morgan fingerprint density at radius 2 is 1.35 bits per heavy atom. The van der Waals surface area contributed by atoms with Gasteiger partial charge in [-0.05, 0) is 59.6 Å². The monoisotopic (exact) mass is 669 g/mol. The van der Waals surface area contributed by atoms with Gasteiger partial charge in [-0.25, -0.2) is 9.37 Å². The van der Waals surface area contributed by atoms with E-state index in [2.05, 4.69) is 21.7 Å². The number of aromatic nitrogens is 1. The summed E-state index contributed by atoms with van der Waals surface area (Å²) in [6.45, 7) is 3.24. The summed E-state index contributed by atoms with van der Waals surface area (Å²) in [7, 11) is 2.88. The molecule has 0 aliphatic carbocycles. The predicted molar refractivity (Wildman–Crippen MR) is 156 cm³/mol. The molecule has 3 aromatic carbocycles. The first-order valence-corrected chi connectivity index (χ1v) is 12.6. The summed E-state index contributed by atoms with van der Waals surface area (Å²) in [5.74, 6) is -1.61. The van der Waals surface area contributed by atoms with Gasteiger partial charge in [0.1, 0.15) is 29.1 Å².